The first kappa shape index (κ1) is 21.3. The van der Waals surface area contributed by atoms with Gasteiger partial charge in [-0.25, -0.2) is 0 Å². The standard InChI is InChI=1S/C26H24N4O2S/c1-2-16-31-22-15-9-7-13-20(22)24-27-21-14-8-6-12-19(21)23-25(32-24)28-26(30-29-23)33-17-18-10-4-3-5-11-18/h3-15,24,27H,2,16-17H2,1H3/t24-/m0/s1. The molecule has 0 fully saturated rings. The molecule has 0 unspecified atom stereocenters. The summed E-state index contributed by atoms with van der Waals surface area (Å²) >= 11 is 1.54. The Bertz CT molecular complexity index is 1240. The van der Waals surface area contributed by atoms with Gasteiger partial charge in [-0.15, -0.1) is 10.2 Å². The molecule has 0 amide bonds. The van der Waals surface area contributed by atoms with Gasteiger partial charge in [0.15, 0.2) is 5.69 Å². The molecule has 7 heteroatoms. The maximum absolute atomic E-state index is 6.42. The maximum Gasteiger partial charge on any atom is 0.247 e. The predicted octanol–water partition coefficient (Wildman–Crippen LogP) is 6.12. The molecule has 1 aromatic heterocycles. The molecule has 1 atom stereocenters. The number of para-hydroxylation sites is 2. The van der Waals surface area contributed by atoms with E-state index in [2.05, 4.69) is 34.6 Å². The summed E-state index contributed by atoms with van der Waals surface area (Å²) in [5.74, 6) is 2.00. The molecule has 6 nitrogen and oxygen atoms in total. The van der Waals surface area contributed by atoms with Gasteiger partial charge in [0, 0.05) is 17.0 Å². The molecule has 0 spiro atoms. The fraction of sp³-hybridized carbons (Fsp3) is 0.192. The number of nitrogens with zero attached hydrogens (tertiary/aromatic N) is 3. The van der Waals surface area contributed by atoms with Crippen LogP contribution in [-0.4, -0.2) is 21.8 Å². The van der Waals surface area contributed by atoms with Crippen LogP contribution in [0.1, 0.15) is 30.7 Å². The van der Waals surface area contributed by atoms with Crippen LogP contribution in [-0.2, 0) is 5.75 Å². The molecule has 5 rings (SSSR count). The van der Waals surface area contributed by atoms with Gasteiger partial charge in [-0.1, -0.05) is 79.3 Å². The molecule has 0 aliphatic carbocycles. The molecule has 2 heterocycles. The quantitative estimate of drug-likeness (QED) is 0.336. The van der Waals surface area contributed by atoms with Gasteiger partial charge in [-0.05, 0) is 30.2 Å². The third-order valence-electron chi connectivity index (χ3n) is 5.21. The Labute approximate surface area is 197 Å². The highest BCUT2D eigenvalue weighted by atomic mass is 32.2. The third-order valence-corrected chi connectivity index (χ3v) is 6.12. The number of benzene rings is 3. The number of aromatic nitrogens is 3. The van der Waals surface area contributed by atoms with Gasteiger partial charge in [-0.2, -0.15) is 4.98 Å². The number of hydrogen-bond acceptors (Lipinski definition) is 7. The fourth-order valence-electron chi connectivity index (χ4n) is 3.61. The Hall–Kier alpha value is -3.58. The van der Waals surface area contributed by atoms with Crippen molar-refractivity contribution in [2.45, 2.75) is 30.5 Å². The minimum absolute atomic E-state index is 0.452. The Balaban J connectivity index is 1.50. The number of rotatable bonds is 7. The lowest BCUT2D eigenvalue weighted by molar-refractivity contribution is 0.215. The van der Waals surface area contributed by atoms with Crippen LogP contribution in [0.25, 0.3) is 11.3 Å². The van der Waals surface area contributed by atoms with E-state index in [-0.39, 0.29) is 0 Å². The first-order valence-corrected chi connectivity index (χ1v) is 12.0. The van der Waals surface area contributed by atoms with Gasteiger partial charge < -0.3 is 14.8 Å². The van der Waals surface area contributed by atoms with E-state index in [1.165, 1.54) is 17.3 Å². The van der Waals surface area contributed by atoms with Gasteiger partial charge in [-0.3, -0.25) is 0 Å². The Kier molecular flexibility index (Phi) is 6.39. The summed E-state index contributed by atoms with van der Waals surface area (Å²) in [4.78, 5) is 4.74. The largest absolute Gasteiger partial charge is 0.493 e. The van der Waals surface area contributed by atoms with Crippen molar-refractivity contribution >= 4 is 17.4 Å². The van der Waals surface area contributed by atoms with Crippen molar-refractivity contribution in [2.75, 3.05) is 11.9 Å². The second-order valence-corrected chi connectivity index (χ2v) is 8.54. The summed E-state index contributed by atoms with van der Waals surface area (Å²) in [5, 5.41) is 13.0. The zero-order valence-electron chi connectivity index (χ0n) is 18.3. The van der Waals surface area contributed by atoms with Crippen LogP contribution in [0.5, 0.6) is 11.6 Å². The number of hydrogen-bond donors (Lipinski definition) is 1. The zero-order chi connectivity index (χ0) is 22.5. The van der Waals surface area contributed by atoms with Crippen LogP contribution < -0.4 is 14.8 Å². The van der Waals surface area contributed by atoms with Crippen molar-refractivity contribution in [1.82, 2.24) is 15.2 Å². The molecule has 1 aliphatic heterocycles. The Morgan fingerprint density at radius 2 is 1.73 bits per heavy atom. The average Bonchev–Trinajstić information content (AvgIpc) is 3.03. The number of thioether (sulfide) groups is 1. The molecular formula is C26H24N4O2S. The van der Waals surface area contributed by atoms with Crippen molar-refractivity contribution in [3.05, 3.63) is 90.0 Å². The van der Waals surface area contributed by atoms with Gasteiger partial charge in [0.1, 0.15) is 5.75 Å². The Morgan fingerprint density at radius 1 is 0.939 bits per heavy atom. The van der Waals surface area contributed by atoms with Crippen LogP contribution >= 0.6 is 11.8 Å². The van der Waals surface area contributed by atoms with Crippen LogP contribution in [0.3, 0.4) is 0 Å². The highest BCUT2D eigenvalue weighted by Gasteiger charge is 2.27. The van der Waals surface area contributed by atoms with E-state index in [9.17, 15) is 0 Å². The van der Waals surface area contributed by atoms with E-state index in [0.29, 0.717) is 23.3 Å². The van der Waals surface area contributed by atoms with E-state index in [1.54, 1.807) is 0 Å². The van der Waals surface area contributed by atoms with Crippen molar-refractivity contribution in [3.63, 3.8) is 0 Å². The number of ether oxygens (including phenoxy) is 2. The van der Waals surface area contributed by atoms with Crippen molar-refractivity contribution in [1.29, 1.82) is 0 Å². The van der Waals surface area contributed by atoms with Gasteiger partial charge in [0.05, 0.1) is 12.2 Å². The average molecular weight is 457 g/mol. The molecule has 0 bridgehead atoms. The monoisotopic (exact) mass is 456 g/mol. The molecule has 3 aromatic carbocycles. The maximum atomic E-state index is 6.42. The summed E-state index contributed by atoms with van der Waals surface area (Å²) in [5.41, 5.74) is 4.55. The summed E-state index contributed by atoms with van der Waals surface area (Å²) in [6, 6.07) is 26.1. The fourth-order valence-corrected chi connectivity index (χ4v) is 4.35. The van der Waals surface area contributed by atoms with Crippen LogP contribution in [0.2, 0.25) is 0 Å². The number of anilines is 1. The first-order chi connectivity index (χ1) is 16.3. The molecule has 33 heavy (non-hydrogen) atoms. The zero-order valence-corrected chi connectivity index (χ0v) is 19.1. The second kappa shape index (κ2) is 9.92. The molecule has 1 aliphatic rings. The first-order valence-electron chi connectivity index (χ1n) is 11.0. The predicted molar refractivity (Wildman–Crippen MR) is 130 cm³/mol. The van der Waals surface area contributed by atoms with Crippen LogP contribution in [0.15, 0.2) is 84.0 Å². The Morgan fingerprint density at radius 3 is 2.61 bits per heavy atom. The lowest BCUT2D eigenvalue weighted by atomic mass is 10.1. The molecular weight excluding hydrogens is 432 g/mol. The van der Waals surface area contributed by atoms with E-state index in [1.807, 2.05) is 66.7 Å². The van der Waals surface area contributed by atoms with Gasteiger partial charge in [0.2, 0.25) is 17.3 Å². The third kappa shape index (κ3) is 4.78. The number of nitrogens with one attached hydrogen (secondary N) is 1. The van der Waals surface area contributed by atoms with Gasteiger partial charge >= 0.3 is 0 Å². The van der Waals surface area contributed by atoms with Crippen molar-refractivity contribution < 1.29 is 9.47 Å². The van der Waals surface area contributed by atoms with Gasteiger partial charge in [0.25, 0.3) is 0 Å². The normalized spacial score (nSPS) is 14.3. The van der Waals surface area contributed by atoms with Crippen LogP contribution in [0, 0.1) is 0 Å². The molecule has 0 radical (unpaired) electrons. The highest BCUT2D eigenvalue weighted by Crippen LogP contribution is 2.41. The summed E-state index contributed by atoms with van der Waals surface area (Å²) in [6.45, 7) is 2.73. The minimum Gasteiger partial charge on any atom is -0.493 e. The van der Waals surface area contributed by atoms with Crippen molar-refractivity contribution in [2.24, 2.45) is 0 Å². The minimum atomic E-state index is -0.482. The second-order valence-electron chi connectivity index (χ2n) is 7.60. The summed E-state index contributed by atoms with van der Waals surface area (Å²) < 4.78 is 12.4. The molecule has 0 saturated carbocycles. The van der Waals surface area contributed by atoms with E-state index >= 15 is 0 Å². The van der Waals surface area contributed by atoms with E-state index < -0.39 is 6.23 Å². The number of fused-ring (bicyclic) bond motifs is 3. The molecule has 1 N–H and O–H groups in total. The van der Waals surface area contributed by atoms with E-state index in [4.69, 9.17) is 14.5 Å². The summed E-state index contributed by atoms with van der Waals surface area (Å²) in [7, 11) is 0. The van der Waals surface area contributed by atoms with Crippen molar-refractivity contribution in [3.8, 4) is 22.9 Å². The SMILES string of the molecule is CCCOc1ccccc1[C@H]1Nc2ccccc2-c2nnc(SCc3ccccc3)nc2O1. The summed E-state index contributed by atoms with van der Waals surface area (Å²) in [6.07, 6.45) is 0.446. The lowest BCUT2D eigenvalue weighted by Gasteiger charge is -2.21. The van der Waals surface area contributed by atoms with Crippen LogP contribution in [0.4, 0.5) is 5.69 Å². The highest BCUT2D eigenvalue weighted by molar-refractivity contribution is 7.98. The molecule has 166 valence electrons. The lowest BCUT2D eigenvalue weighted by Crippen LogP contribution is -2.18. The molecule has 0 saturated heterocycles. The van der Waals surface area contributed by atoms with E-state index in [0.717, 1.165) is 34.7 Å². The smallest absolute Gasteiger partial charge is 0.247 e. The topological polar surface area (TPSA) is 69.2 Å². The molecule has 4 aromatic rings.